The van der Waals surface area contributed by atoms with Gasteiger partial charge in [0.25, 0.3) is 11.2 Å². The topological polar surface area (TPSA) is 117 Å². The summed E-state index contributed by atoms with van der Waals surface area (Å²) in [7, 11) is 0. The highest BCUT2D eigenvalue weighted by atomic mass is 16.6. The summed E-state index contributed by atoms with van der Waals surface area (Å²) in [6.07, 6.45) is 2.49. The first-order valence-electron chi connectivity index (χ1n) is 7.46. The average Bonchev–Trinajstić information content (AvgIpc) is 2.66. The number of carbonyl (C=O) groups excluding carboxylic acids is 1. The number of nitrogens with zero attached hydrogens (tertiary/aromatic N) is 4. The number of hydrogen-bond acceptors (Lipinski definition) is 7. The van der Waals surface area contributed by atoms with Crippen molar-refractivity contribution in [3.8, 4) is 0 Å². The summed E-state index contributed by atoms with van der Waals surface area (Å²) in [5.41, 5.74) is 0.411. The van der Waals surface area contributed by atoms with Crippen LogP contribution in [-0.4, -0.2) is 25.9 Å². The van der Waals surface area contributed by atoms with Crippen LogP contribution in [0.15, 0.2) is 59.4 Å². The SMILES string of the molecule is O=C(/C=C/c1cccc([N+](=O)[O-])c1)OCn1nnc2ccccc2c1=O. The third-order valence-corrected chi connectivity index (χ3v) is 3.45. The number of non-ortho nitro benzene ring substituents is 1. The Morgan fingerprint density at radius 1 is 1.23 bits per heavy atom. The van der Waals surface area contributed by atoms with Gasteiger partial charge in [-0.2, -0.15) is 4.68 Å². The molecule has 3 rings (SSSR count). The van der Waals surface area contributed by atoms with Gasteiger partial charge in [0.2, 0.25) is 0 Å². The van der Waals surface area contributed by atoms with Crippen molar-refractivity contribution in [2.75, 3.05) is 0 Å². The van der Waals surface area contributed by atoms with Crippen LogP contribution in [0, 0.1) is 10.1 Å². The average molecular weight is 352 g/mol. The van der Waals surface area contributed by atoms with Crippen LogP contribution in [-0.2, 0) is 16.3 Å². The molecule has 1 heterocycles. The maximum atomic E-state index is 12.2. The lowest BCUT2D eigenvalue weighted by Crippen LogP contribution is -2.26. The van der Waals surface area contributed by atoms with E-state index in [1.54, 1.807) is 30.3 Å². The summed E-state index contributed by atoms with van der Waals surface area (Å²) in [6.45, 7) is -0.394. The highest BCUT2D eigenvalue weighted by Crippen LogP contribution is 2.14. The molecule has 0 saturated heterocycles. The zero-order valence-electron chi connectivity index (χ0n) is 13.3. The van der Waals surface area contributed by atoms with E-state index in [4.69, 9.17) is 4.74 Å². The lowest BCUT2D eigenvalue weighted by Gasteiger charge is -2.04. The molecule has 0 amide bonds. The zero-order valence-corrected chi connectivity index (χ0v) is 13.3. The maximum absolute atomic E-state index is 12.2. The molecule has 0 aliphatic carbocycles. The van der Waals surface area contributed by atoms with Crippen molar-refractivity contribution < 1.29 is 14.5 Å². The molecule has 0 atom stereocenters. The second-order valence-electron chi connectivity index (χ2n) is 5.19. The number of hydrogen-bond donors (Lipinski definition) is 0. The minimum absolute atomic E-state index is 0.0847. The first-order chi connectivity index (χ1) is 12.5. The van der Waals surface area contributed by atoms with Crippen LogP contribution in [0.3, 0.4) is 0 Å². The quantitative estimate of drug-likeness (QED) is 0.298. The summed E-state index contributed by atoms with van der Waals surface area (Å²) in [5, 5.41) is 18.7. The molecule has 9 nitrogen and oxygen atoms in total. The molecular formula is C17H12N4O5. The van der Waals surface area contributed by atoms with Crippen LogP contribution in [0.5, 0.6) is 0 Å². The summed E-state index contributed by atoms with van der Waals surface area (Å²) in [4.78, 5) is 34.2. The predicted molar refractivity (Wildman–Crippen MR) is 92.0 cm³/mol. The van der Waals surface area contributed by atoms with Crippen LogP contribution in [0.4, 0.5) is 5.69 Å². The molecule has 0 aliphatic rings. The van der Waals surface area contributed by atoms with E-state index in [-0.39, 0.29) is 5.69 Å². The van der Waals surface area contributed by atoms with Crippen molar-refractivity contribution in [3.63, 3.8) is 0 Å². The molecule has 0 bridgehead atoms. The predicted octanol–water partition coefficient (Wildman–Crippen LogP) is 1.91. The van der Waals surface area contributed by atoms with Gasteiger partial charge in [-0.3, -0.25) is 14.9 Å². The minimum Gasteiger partial charge on any atom is -0.439 e. The van der Waals surface area contributed by atoms with E-state index in [9.17, 15) is 19.7 Å². The van der Waals surface area contributed by atoms with Gasteiger partial charge >= 0.3 is 5.97 Å². The molecule has 1 aromatic heterocycles. The Morgan fingerprint density at radius 3 is 2.85 bits per heavy atom. The minimum atomic E-state index is -0.724. The number of rotatable bonds is 5. The molecule has 0 spiro atoms. The summed E-state index contributed by atoms with van der Waals surface area (Å²) in [5.74, 6) is -0.724. The van der Waals surface area contributed by atoms with Crippen LogP contribution >= 0.6 is 0 Å². The summed E-state index contributed by atoms with van der Waals surface area (Å²) in [6, 6.07) is 12.5. The number of nitro benzene ring substituents is 1. The Hall–Kier alpha value is -3.88. The van der Waals surface area contributed by atoms with Crippen LogP contribution in [0.2, 0.25) is 0 Å². The fourth-order valence-electron chi connectivity index (χ4n) is 2.19. The normalized spacial score (nSPS) is 10.9. The molecular weight excluding hydrogens is 340 g/mol. The Morgan fingerprint density at radius 2 is 2.04 bits per heavy atom. The molecule has 0 N–H and O–H groups in total. The Kier molecular flexibility index (Phi) is 4.79. The van der Waals surface area contributed by atoms with Gasteiger partial charge in [0.05, 0.1) is 10.3 Å². The fourth-order valence-corrected chi connectivity index (χ4v) is 2.19. The van der Waals surface area contributed by atoms with Crippen LogP contribution in [0.25, 0.3) is 17.0 Å². The van der Waals surface area contributed by atoms with Gasteiger partial charge in [-0.15, -0.1) is 5.10 Å². The van der Waals surface area contributed by atoms with Crippen molar-refractivity contribution >= 4 is 28.6 Å². The van der Waals surface area contributed by atoms with E-state index in [1.807, 2.05) is 0 Å². The van der Waals surface area contributed by atoms with Crippen molar-refractivity contribution in [2.45, 2.75) is 6.73 Å². The van der Waals surface area contributed by atoms with Gasteiger partial charge in [-0.05, 0) is 23.8 Å². The molecule has 2 aromatic carbocycles. The fraction of sp³-hybridized carbons (Fsp3) is 0.0588. The number of aromatic nitrogens is 3. The number of nitro groups is 1. The molecule has 130 valence electrons. The Balaban J connectivity index is 1.68. The number of carbonyl (C=O) groups is 1. The molecule has 0 saturated carbocycles. The second kappa shape index (κ2) is 7.34. The molecule has 3 aromatic rings. The first-order valence-corrected chi connectivity index (χ1v) is 7.46. The number of fused-ring (bicyclic) bond motifs is 1. The largest absolute Gasteiger partial charge is 0.439 e. The smallest absolute Gasteiger partial charge is 0.332 e. The number of ether oxygens (including phenoxy) is 1. The molecule has 0 unspecified atom stereocenters. The van der Waals surface area contributed by atoms with E-state index in [2.05, 4.69) is 10.3 Å². The van der Waals surface area contributed by atoms with Crippen LogP contribution in [0.1, 0.15) is 5.56 Å². The molecule has 0 fully saturated rings. The summed E-state index contributed by atoms with van der Waals surface area (Å²) < 4.78 is 5.89. The highest BCUT2D eigenvalue weighted by molar-refractivity contribution is 5.87. The number of esters is 1. The van der Waals surface area contributed by atoms with Crippen LogP contribution < -0.4 is 5.56 Å². The maximum Gasteiger partial charge on any atom is 0.332 e. The summed E-state index contributed by atoms with van der Waals surface area (Å²) >= 11 is 0. The van der Waals surface area contributed by atoms with E-state index in [0.29, 0.717) is 16.5 Å². The number of benzene rings is 2. The standard InChI is InChI=1S/C17H12N4O5/c22-16(9-8-12-4-3-5-13(10-12)21(24)25)26-11-20-17(23)14-6-1-2-7-15(14)18-19-20/h1-10H,11H2/b9-8+. The van der Waals surface area contributed by atoms with Crippen molar-refractivity contribution in [2.24, 2.45) is 0 Å². The van der Waals surface area contributed by atoms with Gasteiger partial charge in [0.15, 0.2) is 6.73 Å². The van der Waals surface area contributed by atoms with Gasteiger partial charge in [0, 0.05) is 18.2 Å². The third kappa shape index (κ3) is 3.78. The van der Waals surface area contributed by atoms with Gasteiger partial charge in [0.1, 0.15) is 5.52 Å². The molecule has 0 radical (unpaired) electrons. The van der Waals surface area contributed by atoms with Crippen molar-refractivity contribution in [1.82, 2.24) is 15.0 Å². The molecule has 0 aliphatic heterocycles. The van der Waals surface area contributed by atoms with Gasteiger partial charge in [-0.1, -0.05) is 29.5 Å². The molecule has 26 heavy (non-hydrogen) atoms. The zero-order chi connectivity index (χ0) is 18.5. The Bertz CT molecular complexity index is 1070. The first kappa shape index (κ1) is 17.0. The Labute approximate surface area is 146 Å². The van der Waals surface area contributed by atoms with E-state index in [1.165, 1.54) is 24.3 Å². The van der Waals surface area contributed by atoms with E-state index in [0.717, 1.165) is 10.8 Å². The lowest BCUT2D eigenvalue weighted by molar-refractivity contribution is -0.384. The monoisotopic (exact) mass is 352 g/mol. The van der Waals surface area contributed by atoms with E-state index < -0.39 is 23.2 Å². The van der Waals surface area contributed by atoms with Crippen molar-refractivity contribution in [3.05, 3.63) is 80.6 Å². The third-order valence-electron chi connectivity index (χ3n) is 3.45. The lowest BCUT2D eigenvalue weighted by atomic mass is 10.2. The van der Waals surface area contributed by atoms with E-state index >= 15 is 0 Å². The van der Waals surface area contributed by atoms with Gasteiger partial charge < -0.3 is 4.74 Å². The van der Waals surface area contributed by atoms with Crippen molar-refractivity contribution in [1.29, 1.82) is 0 Å². The second-order valence-corrected chi connectivity index (χ2v) is 5.19. The highest BCUT2D eigenvalue weighted by Gasteiger charge is 2.07. The van der Waals surface area contributed by atoms with Gasteiger partial charge in [-0.25, -0.2) is 4.79 Å². The molecule has 9 heteroatoms.